The third kappa shape index (κ3) is 2.69. The van der Waals surface area contributed by atoms with Crippen LogP contribution in [-0.4, -0.2) is 24.7 Å². The zero-order valence-corrected chi connectivity index (χ0v) is 15.0. The minimum atomic E-state index is -0.585. The molecule has 1 aliphatic heterocycles. The average Bonchev–Trinajstić information content (AvgIpc) is 2.55. The average molecular weight is 391 g/mol. The van der Waals surface area contributed by atoms with Crippen LogP contribution >= 0.6 is 15.9 Å². The van der Waals surface area contributed by atoms with Gasteiger partial charge in [0, 0.05) is 6.07 Å². The minimum Gasteiger partial charge on any atom is -0.495 e. The highest BCUT2D eigenvalue weighted by atomic mass is 79.9. The van der Waals surface area contributed by atoms with Gasteiger partial charge in [-0.3, -0.25) is 4.90 Å². The Morgan fingerprint density at radius 3 is 2.62 bits per heavy atom. The highest BCUT2D eigenvalue weighted by molar-refractivity contribution is 9.10. The molecule has 8 heteroatoms. The molecule has 1 heterocycles. The van der Waals surface area contributed by atoms with Crippen molar-refractivity contribution in [2.75, 3.05) is 12.0 Å². The molecule has 1 spiro atoms. The Labute approximate surface area is 149 Å². The molecule has 0 saturated heterocycles. The van der Waals surface area contributed by atoms with Gasteiger partial charge in [-0.15, -0.1) is 0 Å². The number of nitrogens with zero attached hydrogens (tertiary/aromatic N) is 4. The molecule has 1 saturated carbocycles. The van der Waals surface area contributed by atoms with Crippen LogP contribution in [0.3, 0.4) is 0 Å². The predicted octanol–water partition coefficient (Wildman–Crippen LogP) is 2.44. The summed E-state index contributed by atoms with van der Waals surface area (Å²) in [6, 6.07) is 5.73. The van der Waals surface area contributed by atoms with Gasteiger partial charge in [0.05, 0.1) is 22.8 Å². The van der Waals surface area contributed by atoms with E-state index in [0.717, 1.165) is 32.1 Å². The first-order chi connectivity index (χ1) is 11.5. The molecule has 1 fully saturated rings. The summed E-state index contributed by atoms with van der Waals surface area (Å²) in [5.41, 5.74) is 12.6. The van der Waals surface area contributed by atoms with Crippen molar-refractivity contribution < 1.29 is 4.74 Å². The first-order valence-corrected chi connectivity index (χ1v) is 8.57. The van der Waals surface area contributed by atoms with E-state index in [0.29, 0.717) is 21.5 Å². The number of anilines is 1. The van der Waals surface area contributed by atoms with E-state index in [2.05, 4.69) is 32.0 Å². The predicted molar refractivity (Wildman–Crippen MR) is 96.9 cm³/mol. The molecule has 0 bridgehead atoms. The third-order valence-electron chi connectivity index (χ3n) is 4.48. The second-order valence-electron chi connectivity index (χ2n) is 5.93. The number of methoxy groups -OCH3 is 1. The zero-order valence-electron chi connectivity index (χ0n) is 13.4. The SMILES string of the molecule is COc1cc(N2C(N)=NC(N)=NC23CCCCC3)c(C#N)cc1Br. The largest absolute Gasteiger partial charge is 0.495 e. The van der Waals surface area contributed by atoms with Gasteiger partial charge in [0.1, 0.15) is 17.5 Å². The summed E-state index contributed by atoms with van der Waals surface area (Å²) in [6.45, 7) is 0. The first-order valence-electron chi connectivity index (χ1n) is 7.78. The fraction of sp³-hybridized carbons (Fsp3) is 0.438. The molecule has 126 valence electrons. The Kier molecular flexibility index (Phi) is 4.37. The molecule has 1 aromatic rings. The lowest BCUT2D eigenvalue weighted by molar-refractivity contribution is 0.305. The summed E-state index contributed by atoms with van der Waals surface area (Å²) in [5.74, 6) is 1.06. The van der Waals surface area contributed by atoms with Crippen molar-refractivity contribution in [2.24, 2.45) is 21.5 Å². The third-order valence-corrected chi connectivity index (χ3v) is 5.10. The van der Waals surface area contributed by atoms with Gasteiger partial charge in [0.25, 0.3) is 0 Å². The summed E-state index contributed by atoms with van der Waals surface area (Å²) in [4.78, 5) is 10.6. The Bertz CT molecular complexity index is 761. The second-order valence-corrected chi connectivity index (χ2v) is 6.79. The van der Waals surface area contributed by atoms with E-state index in [1.54, 1.807) is 19.2 Å². The van der Waals surface area contributed by atoms with Crippen molar-refractivity contribution >= 4 is 33.5 Å². The standard InChI is InChI=1S/C16H19BrN6O/c1-24-13-8-12(10(9-18)7-11(13)17)23-15(20)21-14(19)22-16(23)5-3-2-4-6-16/h7-8H,2-6H2,1H3,(H4,19,20,21,22). The first kappa shape index (κ1) is 16.6. The molecule has 0 unspecified atom stereocenters. The van der Waals surface area contributed by atoms with Crippen molar-refractivity contribution in [3.8, 4) is 11.8 Å². The summed E-state index contributed by atoms with van der Waals surface area (Å²) < 4.78 is 6.09. The molecule has 0 atom stereocenters. The van der Waals surface area contributed by atoms with Crippen LogP contribution in [0.25, 0.3) is 0 Å². The molecule has 24 heavy (non-hydrogen) atoms. The van der Waals surface area contributed by atoms with E-state index in [-0.39, 0.29) is 11.9 Å². The minimum absolute atomic E-state index is 0.188. The van der Waals surface area contributed by atoms with Gasteiger partial charge in [-0.2, -0.15) is 10.3 Å². The van der Waals surface area contributed by atoms with Crippen molar-refractivity contribution in [2.45, 2.75) is 37.8 Å². The van der Waals surface area contributed by atoms with Gasteiger partial charge in [0.15, 0.2) is 0 Å². The number of halogens is 1. The normalized spacial score (nSPS) is 19.5. The van der Waals surface area contributed by atoms with Crippen LogP contribution in [0.1, 0.15) is 37.7 Å². The Balaban J connectivity index is 2.19. The van der Waals surface area contributed by atoms with Gasteiger partial charge >= 0.3 is 0 Å². The van der Waals surface area contributed by atoms with E-state index in [9.17, 15) is 5.26 Å². The van der Waals surface area contributed by atoms with Gasteiger partial charge < -0.3 is 16.2 Å². The van der Waals surface area contributed by atoms with Crippen LogP contribution in [0.5, 0.6) is 5.75 Å². The number of hydrogen-bond donors (Lipinski definition) is 2. The maximum absolute atomic E-state index is 9.58. The summed E-state index contributed by atoms with van der Waals surface area (Å²) in [5, 5.41) is 9.58. The lowest BCUT2D eigenvalue weighted by Gasteiger charge is -2.45. The molecular formula is C16H19BrN6O. The van der Waals surface area contributed by atoms with E-state index in [4.69, 9.17) is 16.2 Å². The lowest BCUT2D eigenvalue weighted by atomic mass is 9.87. The quantitative estimate of drug-likeness (QED) is 0.804. The number of benzene rings is 1. The Morgan fingerprint density at radius 1 is 1.29 bits per heavy atom. The fourth-order valence-electron chi connectivity index (χ4n) is 3.44. The van der Waals surface area contributed by atoms with Gasteiger partial charge in [-0.25, -0.2) is 4.99 Å². The van der Waals surface area contributed by atoms with Crippen molar-refractivity contribution in [3.05, 3.63) is 22.2 Å². The van der Waals surface area contributed by atoms with Crippen LogP contribution in [0.2, 0.25) is 0 Å². The second kappa shape index (κ2) is 6.32. The van der Waals surface area contributed by atoms with Crippen molar-refractivity contribution in [1.82, 2.24) is 0 Å². The number of guanidine groups is 2. The van der Waals surface area contributed by atoms with Gasteiger partial charge in [-0.1, -0.05) is 6.42 Å². The fourth-order valence-corrected chi connectivity index (χ4v) is 3.95. The number of ether oxygens (including phenoxy) is 1. The van der Waals surface area contributed by atoms with E-state index in [1.807, 2.05) is 4.90 Å². The molecule has 0 aromatic heterocycles. The highest BCUT2D eigenvalue weighted by Gasteiger charge is 2.43. The molecule has 3 rings (SSSR count). The van der Waals surface area contributed by atoms with Gasteiger partial charge in [-0.05, 0) is 47.7 Å². The Hall–Kier alpha value is -2.27. The molecule has 1 aliphatic carbocycles. The number of aliphatic imine (C=N–C) groups is 2. The monoisotopic (exact) mass is 390 g/mol. The molecule has 4 N–H and O–H groups in total. The summed E-state index contributed by atoms with van der Waals surface area (Å²) in [7, 11) is 1.58. The lowest BCUT2D eigenvalue weighted by Crippen LogP contribution is -2.58. The van der Waals surface area contributed by atoms with Gasteiger partial charge in [0.2, 0.25) is 11.9 Å². The maximum Gasteiger partial charge on any atom is 0.220 e. The molecule has 7 nitrogen and oxygen atoms in total. The number of nitriles is 1. The van der Waals surface area contributed by atoms with Crippen LogP contribution in [-0.2, 0) is 0 Å². The van der Waals surface area contributed by atoms with Crippen molar-refractivity contribution in [1.29, 1.82) is 5.26 Å². The van der Waals surface area contributed by atoms with E-state index >= 15 is 0 Å². The summed E-state index contributed by atoms with van der Waals surface area (Å²) in [6.07, 6.45) is 4.82. The molecule has 0 radical (unpaired) electrons. The van der Waals surface area contributed by atoms with E-state index < -0.39 is 5.66 Å². The molecule has 2 aliphatic rings. The highest BCUT2D eigenvalue weighted by Crippen LogP contribution is 2.42. The zero-order chi connectivity index (χ0) is 17.3. The van der Waals surface area contributed by atoms with E-state index in [1.165, 1.54) is 0 Å². The maximum atomic E-state index is 9.58. The van der Waals surface area contributed by atoms with Crippen LogP contribution in [0.15, 0.2) is 26.6 Å². The molecule has 0 amide bonds. The number of rotatable bonds is 2. The molecule has 1 aromatic carbocycles. The van der Waals surface area contributed by atoms with Crippen LogP contribution in [0.4, 0.5) is 5.69 Å². The Morgan fingerprint density at radius 2 is 2.00 bits per heavy atom. The van der Waals surface area contributed by atoms with Crippen LogP contribution < -0.4 is 21.1 Å². The molecular weight excluding hydrogens is 372 g/mol. The number of nitrogens with two attached hydrogens (primary N) is 2. The topological polar surface area (TPSA) is 113 Å². The smallest absolute Gasteiger partial charge is 0.220 e. The van der Waals surface area contributed by atoms with Crippen LogP contribution in [0, 0.1) is 11.3 Å². The summed E-state index contributed by atoms with van der Waals surface area (Å²) >= 11 is 3.41. The number of hydrogen-bond acceptors (Lipinski definition) is 7. The van der Waals surface area contributed by atoms with Crippen molar-refractivity contribution in [3.63, 3.8) is 0 Å².